The number of carbonyl (C=O) groups excluding carboxylic acids is 2. The first-order valence-corrected chi connectivity index (χ1v) is 13.0. The molecule has 2 aliphatic rings. The molecule has 0 aliphatic carbocycles. The zero-order valence-corrected chi connectivity index (χ0v) is 24.1. The molecule has 1 N–H and O–H groups in total. The number of rotatable bonds is 8. The maximum atomic E-state index is 13.4. The summed E-state index contributed by atoms with van der Waals surface area (Å²) in [6.45, 7) is 7.38. The van der Waals surface area contributed by atoms with E-state index in [2.05, 4.69) is 15.1 Å². The molecule has 0 saturated carbocycles. The van der Waals surface area contributed by atoms with Crippen molar-refractivity contribution in [3.63, 3.8) is 0 Å². The van der Waals surface area contributed by atoms with E-state index in [-0.39, 0.29) is 35.8 Å². The van der Waals surface area contributed by atoms with Crippen molar-refractivity contribution in [1.82, 2.24) is 10.2 Å². The lowest BCUT2D eigenvalue weighted by Gasteiger charge is -2.36. The molecule has 10 nitrogen and oxygen atoms in total. The van der Waals surface area contributed by atoms with Gasteiger partial charge in [0.15, 0.2) is 0 Å². The number of non-ortho nitro benzene ring substituents is 1. The highest BCUT2D eigenvalue weighted by Crippen LogP contribution is 2.40. The number of nitro benzene ring substituents is 1. The second kappa shape index (κ2) is 13.6. The molecule has 1 fully saturated rings. The van der Waals surface area contributed by atoms with Gasteiger partial charge in [-0.1, -0.05) is 29.8 Å². The zero-order chi connectivity index (χ0) is 28.1. The van der Waals surface area contributed by atoms with Crippen LogP contribution in [0.2, 0.25) is 5.02 Å². The molecule has 214 valence electrons. The van der Waals surface area contributed by atoms with Crippen molar-refractivity contribution < 1.29 is 24.0 Å². The molecule has 2 aromatic carbocycles. The van der Waals surface area contributed by atoms with Crippen LogP contribution in [0.3, 0.4) is 0 Å². The van der Waals surface area contributed by atoms with E-state index in [1.54, 1.807) is 19.9 Å². The Kier molecular flexibility index (Phi) is 10.6. The molecular weight excluding hydrogens is 559 g/mol. The third kappa shape index (κ3) is 6.93. The van der Waals surface area contributed by atoms with Crippen LogP contribution < -0.4 is 10.2 Å². The van der Waals surface area contributed by atoms with Gasteiger partial charge in [-0.2, -0.15) is 0 Å². The predicted molar refractivity (Wildman–Crippen MR) is 155 cm³/mol. The molecule has 0 bridgehead atoms. The van der Waals surface area contributed by atoms with Gasteiger partial charge in [-0.25, -0.2) is 9.59 Å². The number of esters is 2. The molecule has 2 heterocycles. The van der Waals surface area contributed by atoms with Gasteiger partial charge in [0, 0.05) is 67.0 Å². The number of carbonyl (C=O) groups is 2. The van der Waals surface area contributed by atoms with Gasteiger partial charge in [-0.3, -0.25) is 15.0 Å². The van der Waals surface area contributed by atoms with Crippen LogP contribution >= 0.6 is 24.0 Å². The van der Waals surface area contributed by atoms with Crippen LogP contribution in [0.4, 0.5) is 11.4 Å². The van der Waals surface area contributed by atoms with Gasteiger partial charge >= 0.3 is 11.9 Å². The zero-order valence-electron chi connectivity index (χ0n) is 22.5. The first-order valence-electron chi connectivity index (χ1n) is 12.6. The Hall–Kier alpha value is -3.60. The predicted octanol–water partition coefficient (Wildman–Crippen LogP) is 4.44. The summed E-state index contributed by atoms with van der Waals surface area (Å²) in [7, 11) is 1.25. The lowest BCUT2D eigenvalue weighted by atomic mass is 9.80. The number of anilines is 1. The fourth-order valence-electron chi connectivity index (χ4n) is 5.04. The van der Waals surface area contributed by atoms with Gasteiger partial charge in [0.2, 0.25) is 0 Å². The molecule has 0 radical (unpaired) electrons. The number of methoxy groups -OCH3 is 1. The minimum Gasteiger partial charge on any atom is -0.466 e. The van der Waals surface area contributed by atoms with Gasteiger partial charge in [0.05, 0.1) is 29.1 Å². The largest absolute Gasteiger partial charge is 0.466 e. The fraction of sp³-hybridized carbons (Fsp3) is 0.357. The second-order valence-corrected chi connectivity index (χ2v) is 9.86. The second-order valence-electron chi connectivity index (χ2n) is 9.42. The van der Waals surface area contributed by atoms with Crippen LogP contribution in [0.5, 0.6) is 0 Å². The molecule has 1 atom stereocenters. The van der Waals surface area contributed by atoms with Gasteiger partial charge in [0.1, 0.15) is 6.61 Å². The number of halogens is 2. The molecule has 12 heteroatoms. The Morgan fingerprint density at radius 3 is 2.30 bits per heavy atom. The summed E-state index contributed by atoms with van der Waals surface area (Å²) in [5.41, 5.74) is 2.79. The number of nitro groups is 1. The summed E-state index contributed by atoms with van der Waals surface area (Å²) in [5, 5.41) is 15.2. The van der Waals surface area contributed by atoms with Gasteiger partial charge in [-0.05, 0) is 37.6 Å². The summed E-state index contributed by atoms with van der Waals surface area (Å²) >= 11 is 6.13. The number of ether oxygens (including phenoxy) is 2. The average molecular weight is 591 g/mol. The van der Waals surface area contributed by atoms with E-state index in [0.29, 0.717) is 28.5 Å². The number of allylic oxidation sites excluding steroid dienone is 2. The highest BCUT2D eigenvalue weighted by molar-refractivity contribution is 6.30. The summed E-state index contributed by atoms with van der Waals surface area (Å²) in [4.78, 5) is 41.6. The monoisotopic (exact) mass is 590 g/mol. The Labute approximate surface area is 244 Å². The molecule has 2 aliphatic heterocycles. The van der Waals surface area contributed by atoms with Crippen LogP contribution in [0.25, 0.3) is 0 Å². The number of benzene rings is 2. The fourth-order valence-corrected chi connectivity index (χ4v) is 5.23. The van der Waals surface area contributed by atoms with Gasteiger partial charge < -0.3 is 19.7 Å². The van der Waals surface area contributed by atoms with Crippen LogP contribution in [-0.2, 0) is 19.1 Å². The third-order valence-corrected chi connectivity index (χ3v) is 7.22. The van der Waals surface area contributed by atoms with E-state index >= 15 is 0 Å². The first-order chi connectivity index (χ1) is 18.7. The Morgan fingerprint density at radius 2 is 1.68 bits per heavy atom. The maximum Gasteiger partial charge on any atom is 0.336 e. The average Bonchev–Trinajstić information content (AvgIpc) is 2.92. The first kappa shape index (κ1) is 30.9. The van der Waals surface area contributed by atoms with E-state index in [1.807, 2.05) is 24.3 Å². The Bertz CT molecular complexity index is 1340. The number of hydrogen-bond acceptors (Lipinski definition) is 9. The van der Waals surface area contributed by atoms with Crippen molar-refractivity contribution in [3.05, 3.63) is 91.8 Å². The molecule has 2 aromatic rings. The van der Waals surface area contributed by atoms with Crippen LogP contribution in [-0.4, -0.2) is 68.2 Å². The molecule has 0 aromatic heterocycles. The smallest absolute Gasteiger partial charge is 0.336 e. The van der Waals surface area contributed by atoms with E-state index in [4.69, 9.17) is 21.1 Å². The van der Waals surface area contributed by atoms with E-state index in [0.717, 1.165) is 31.9 Å². The van der Waals surface area contributed by atoms with Crippen molar-refractivity contribution in [1.29, 1.82) is 0 Å². The Morgan fingerprint density at radius 1 is 1.02 bits per heavy atom. The summed E-state index contributed by atoms with van der Waals surface area (Å²) in [6.07, 6.45) is 0. The lowest BCUT2D eigenvalue weighted by Crippen LogP contribution is -2.47. The van der Waals surface area contributed by atoms with Crippen LogP contribution in [0, 0.1) is 10.1 Å². The van der Waals surface area contributed by atoms with E-state index < -0.39 is 22.8 Å². The van der Waals surface area contributed by atoms with E-state index in [9.17, 15) is 19.7 Å². The van der Waals surface area contributed by atoms with Gasteiger partial charge in [-0.15, -0.1) is 12.4 Å². The molecule has 1 unspecified atom stereocenters. The molecule has 0 amide bonds. The lowest BCUT2D eigenvalue weighted by molar-refractivity contribution is -0.384. The summed E-state index contributed by atoms with van der Waals surface area (Å²) in [6, 6.07) is 13.7. The van der Waals surface area contributed by atoms with Crippen LogP contribution in [0.15, 0.2) is 71.1 Å². The van der Waals surface area contributed by atoms with Gasteiger partial charge in [0.25, 0.3) is 5.69 Å². The highest BCUT2D eigenvalue weighted by Gasteiger charge is 2.38. The van der Waals surface area contributed by atoms with Crippen molar-refractivity contribution in [2.24, 2.45) is 0 Å². The molecule has 1 saturated heterocycles. The van der Waals surface area contributed by atoms with Crippen molar-refractivity contribution in [2.45, 2.75) is 19.8 Å². The third-order valence-electron chi connectivity index (χ3n) is 6.99. The standard InChI is InChI=1S/C28H31ClN4O6.ClH/c1-18-24(27(34)38-3)26(20-6-4-9-23(16-20)33(36)37)25(19(2)30-18)28(35)39-15-14-31-10-12-32(13-11-31)22-8-5-7-21(29)17-22;/h4-9,16-17,26,30H,10-15H2,1-3H3;1H. The number of nitrogens with one attached hydrogen (secondary N) is 1. The van der Waals surface area contributed by atoms with Crippen molar-refractivity contribution in [2.75, 3.05) is 51.3 Å². The van der Waals surface area contributed by atoms with Crippen LogP contribution in [0.1, 0.15) is 25.3 Å². The van der Waals surface area contributed by atoms with E-state index in [1.165, 1.54) is 25.3 Å². The molecular formula is C28H32Cl2N4O6. The topological polar surface area (TPSA) is 114 Å². The number of piperazine rings is 1. The maximum absolute atomic E-state index is 13.4. The molecule has 4 rings (SSSR count). The number of nitrogens with zero attached hydrogens (tertiary/aromatic N) is 3. The molecule has 40 heavy (non-hydrogen) atoms. The number of hydrogen-bond donors (Lipinski definition) is 1. The summed E-state index contributed by atoms with van der Waals surface area (Å²) < 4.78 is 10.7. The minimum absolute atomic E-state index is 0. The Balaban J connectivity index is 0.00000441. The highest BCUT2D eigenvalue weighted by atomic mass is 35.5. The number of dihydropyridines is 1. The SMILES string of the molecule is COC(=O)C1=C(C)NC(C)=C(C(=O)OCCN2CCN(c3cccc(Cl)c3)CC2)C1c1cccc([N+](=O)[O-])c1.Cl. The summed E-state index contributed by atoms with van der Waals surface area (Å²) in [5.74, 6) is -2.11. The molecule has 0 spiro atoms. The minimum atomic E-state index is -0.882. The quantitative estimate of drug-likeness (QED) is 0.270. The van der Waals surface area contributed by atoms with Crippen molar-refractivity contribution >= 4 is 47.3 Å². The normalized spacial score (nSPS) is 17.6. The van der Waals surface area contributed by atoms with Crippen molar-refractivity contribution in [3.8, 4) is 0 Å².